The van der Waals surface area contributed by atoms with Gasteiger partial charge in [-0.25, -0.2) is 0 Å². The van der Waals surface area contributed by atoms with Gasteiger partial charge in [-0.15, -0.1) is 0 Å². The van der Waals surface area contributed by atoms with Gasteiger partial charge in [0.1, 0.15) is 0 Å². The number of fused-ring (bicyclic) bond motifs is 1. The molecule has 0 aliphatic carbocycles. The predicted molar refractivity (Wildman–Crippen MR) is 51.5 cm³/mol. The fourth-order valence-electron chi connectivity index (χ4n) is 1.44. The zero-order chi connectivity index (χ0) is 9.64. The Morgan fingerprint density at radius 3 is 2.62 bits per heavy atom. The van der Waals surface area contributed by atoms with Crippen molar-refractivity contribution >= 4 is 11.6 Å². The summed E-state index contributed by atoms with van der Waals surface area (Å²) in [5.74, 6) is 0.960. The molecule has 1 aromatic rings. The molecule has 0 unspecified atom stereocenters. The van der Waals surface area contributed by atoms with Crippen molar-refractivity contribution in [1.29, 1.82) is 0 Å². The minimum absolute atomic E-state index is 0.572. The summed E-state index contributed by atoms with van der Waals surface area (Å²) in [6.07, 6.45) is 0. The summed E-state index contributed by atoms with van der Waals surface area (Å²) in [6, 6.07) is 3.64. The lowest BCUT2D eigenvalue weighted by Gasteiger charge is -2.16. The number of hydrogen-bond donors (Lipinski definition) is 0. The lowest BCUT2D eigenvalue weighted by atomic mass is 10.2. The molecule has 0 amide bonds. The van der Waals surface area contributed by atoms with E-state index in [1.165, 1.54) is 0 Å². The van der Waals surface area contributed by atoms with Gasteiger partial charge in [-0.05, 0) is 18.6 Å². The second-order valence-electron chi connectivity index (χ2n) is 3.65. The molecule has 0 atom stereocenters. The molecule has 0 fully saturated rings. The van der Waals surface area contributed by atoms with E-state index in [9.17, 15) is 0 Å². The highest BCUT2D eigenvalue weighted by molar-refractivity contribution is 6.30. The maximum absolute atomic E-state index is 5.89. The van der Waals surface area contributed by atoms with Crippen LogP contribution in [0.5, 0.6) is 11.5 Å². The summed E-state index contributed by atoms with van der Waals surface area (Å²) >= 11 is 5.89. The number of ether oxygens (including phenoxy) is 2. The zero-order valence-corrected chi connectivity index (χ0v) is 8.61. The van der Waals surface area contributed by atoms with E-state index in [0.29, 0.717) is 5.02 Å². The smallest absolute Gasteiger partial charge is 0.246 e. The van der Waals surface area contributed by atoms with Gasteiger partial charge in [-0.3, -0.25) is 0 Å². The van der Waals surface area contributed by atoms with Gasteiger partial charge in [0.25, 0.3) is 0 Å². The Bertz CT molecular complexity index is 358. The summed E-state index contributed by atoms with van der Waals surface area (Å²) < 4.78 is 11.1. The van der Waals surface area contributed by atoms with Crippen molar-refractivity contribution in [3.05, 3.63) is 22.7 Å². The first-order valence-electron chi connectivity index (χ1n) is 4.16. The van der Waals surface area contributed by atoms with Crippen LogP contribution in [0, 0.1) is 6.92 Å². The second kappa shape index (κ2) is 2.55. The Hall–Kier alpha value is -0.890. The fraction of sp³-hybridized carbons (Fsp3) is 0.400. The van der Waals surface area contributed by atoms with E-state index >= 15 is 0 Å². The van der Waals surface area contributed by atoms with E-state index in [1.807, 2.05) is 26.8 Å². The van der Waals surface area contributed by atoms with Crippen molar-refractivity contribution in [1.82, 2.24) is 0 Å². The van der Waals surface area contributed by atoms with Crippen molar-refractivity contribution in [2.45, 2.75) is 26.6 Å². The van der Waals surface area contributed by atoms with Gasteiger partial charge in [-0.1, -0.05) is 11.6 Å². The molecule has 13 heavy (non-hydrogen) atoms. The maximum atomic E-state index is 5.89. The number of rotatable bonds is 0. The molecule has 1 heterocycles. The number of benzene rings is 1. The molecule has 0 aromatic heterocycles. The summed E-state index contributed by atoms with van der Waals surface area (Å²) in [6.45, 7) is 5.70. The molecule has 0 saturated heterocycles. The summed E-state index contributed by atoms with van der Waals surface area (Å²) in [7, 11) is 0. The minimum atomic E-state index is -0.572. The molecule has 70 valence electrons. The first-order chi connectivity index (χ1) is 5.98. The third-order valence-corrected chi connectivity index (χ3v) is 2.13. The van der Waals surface area contributed by atoms with Crippen molar-refractivity contribution in [3.8, 4) is 11.5 Å². The topological polar surface area (TPSA) is 18.5 Å². The van der Waals surface area contributed by atoms with Crippen LogP contribution >= 0.6 is 11.6 Å². The molecule has 3 heteroatoms. The third-order valence-electron chi connectivity index (χ3n) is 1.91. The first-order valence-corrected chi connectivity index (χ1v) is 4.54. The van der Waals surface area contributed by atoms with Crippen molar-refractivity contribution in [2.75, 3.05) is 0 Å². The molecule has 0 spiro atoms. The van der Waals surface area contributed by atoms with Gasteiger partial charge in [0.05, 0.1) is 0 Å². The normalized spacial score (nSPS) is 17.5. The third kappa shape index (κ3) is 1.46. The van der Waals surface area contributed by atoms with E-state index in [-0.39, 0.29) is 0 Å². The van der Waals surface area contributed by atoms with Crippen LogP contribution in [0.25, 0.3) is 0 Å². The van der Waals surface area contributed by atoms with E-state index in [0.717, 1.165) is 17.1 Å². The Morgan fingerprint density at radius 1 is 1.23 bits per heavy atom. The minimum Gasteiger partial charge on any atom is -0.449 e. The lowest BCUT2D eigenvalue weighted by Crippen LogP contribution is -2.29. The molecule has 0 saturated carbocycles. The summed E-state index contributed by atoms with van der Waals surface area (Å²) in [5, 5.41) is 0.678. The highest BCUT2D eigenvalue weighted by Gasteiger charge is 2.32. The molecule has 1 aliphatic rings. The van der Waals surface area contributed by atoms with Gasteiger partial charge in [-0.2, -0.15) is 0 Å². The van der Waals surface area contributed by atoms with Crippen LogP contribution in [-0.2, 0) is 0 Å². The Morgan fingerprint density at radius 2 is 1.92 bits per heavy atom. The predicted octanol–water partition coefficient (Wildman–Crippen LogP) is 3.16. The van der Waals surface area contributed by atoms with Crippen LogP contribution < -0.4 is 9.47 Å². The maximum Gasteiger partial charge on any atom is 0.246 e. The summed E-state index contributed by atoms with van der Waals surface area (Å²) in [4.78, 5) is 0. The number of hydrogen-bond acceptors (Lipinski definition) is 2. The van der Waals surface area contributed by atoms with Crippen LogP contribution in [0.2, 0.25) is 5.02 Å². The Balaban J connectivity index is 2.52. The van der Waals surface area contributed by atoms with E-state index in [1.54, 1.807) is 6.07 Å². The highest BCUT2D eigenvalue weighted by atomic mass is 35.5. The average molecular weight is 199 g/mol. The van der Waals surface area contributed by atoms with E-state index < -0.39 is 5.79 Å². The lowest BCUT2D eigenvalue weighted by molar-refractivity contribution is -0.0434. The van der Waals surface area contributed by atoms with Crippen LogP contribution in [0.15, 0.2) is 12.1 Å². The van der Waals surface area contributed by atoms with Crippen molar-refractivity contribution < 1.29 is 9.47 Å². The van der Waals surface area contributed by atoms with Crippen molar-refractivity contribution in [2.24, 2.45) is 0 Å². The average Bonchev–Trinajstić information content (AvgIpc) is 2.23. The molecule has 0 radical (unpaired) electrons. The van der Waals surface area contributed by atoms with E-state index in [2.05, 4.69) is 0 Å². The van der Waals surface area contributed by atoms with Gasteiger partial charge in [0.2, 0.25) is 5.79 Å². The standard InChI is InChI=1S/C10H11ClO2/c1-6-4-7(11)5-8-9(6)13-10(2,3)12-8/h4-5H,1-3H3. The van der Waals surface area contributed by atoms with Gasteiger partial charge in [0.15, 0.2) is 11.5 Å². The Kier molecular flexibility index (Phi) is 1.70. The fourth-order valence-corrected chi connectivity index (χ4v) is 1.70. The van der Waals surface area contributed by atoms with Crippen LogP contribution in [-0.4, -0.2) is 5.79 Å². The highest BCUT2D eigenvalue weighted by Crippen LogP contribution is 2.43. The quantitative estimate of drug-likeness (QED) is 0.638. The molecule has 0 bridgehead atoms. The van der Waals surface area contributed by atoms with Crippen LogP contribution in [0.1, 0.15) is 19.4 Å². The second-order valence-corrected chi connectivity index (χ2v) is 4.09. The summed E-state index contributed by atoms with van der Waals surface area (Å²) in [5.41, 5.74) is 1.01. The zero-order valence-electron chi connectivity index (χ0n) is 7.85. The molecule has 2 nitrogen and oxygen atoms in total. The number of halogens is 1. The molecular weight excluding hydrogens is 188 g/mol. The Labute approximate surface area is 82.4 Å². The SMILES string of the molecule is Cc1cc(Cl)cc2c1OC(C)(C)O2. The number of aryl methyl sites for hydroxylation is 1. The monoisotopic (exact) mass is 198 g/mol. The van der Waals surface area contributed by atoms with Crippen LogP contribution in [0.4, 0.5) is 0 Å². The molecule has 0 N–H and O–H groups in total. The molecule has 1 aromatic carbocycles. The molecular formula is C10H11ClO2. The van der Waals surface area contributed by atoms with Gasteiger partial charge < -0.3 is 9.47 Å². The first kappa shape index (κ1) is 8.70. The largest absolute Gasteiger partial charge is 0.449 e. The van der Waals surface area contributed by atoms with Gasteiger partial charge in [0, 0.05) is 24.9 Å². The van der Waals surface area contributed by atoms with Crippen molar-refractivity contribution in [3.63, 3.8) is 0 Å². The molecule has 1 aliphatic heterocycles. The van der Waals surface area contributed by atoms with Gasteiger partial charge >= 0.3 is 0 Å². The molecule has 2 rings (SSSR count). The van der Waals surface area contributed by atoms with Crippen LogP contribution in [0.3, 0.4) is 0 Å². The van der Waals surface area contributed by atoms with E-state index in [4.69, 9.17) is 21.1 Å².